The van der Waals surface area contributed by atoms with E-state index in [4.69, 9.17) is 11.6 Å². The second-order valence-electron chi connectivity index (χ2n) is 6.75. The lowest BCUT2D eigenvalue weighted by atomic mass is 10.1. The Balaban J connectivity index is 1.65. The van der Waals surface area contributed by atoms with E-state index in [9.17, 15) is 0 Å². The van der Waals surface area contributed by atoms with Crippen molar-refractivity contribution < 1.29 is 0 Å². The van der Waals surface area contributed by atoms with Gasteiger partial charge in [0.15, 0.2) is 11.0 Å². The Bertz CT molecular complexity index is 1060. The summed E-state index contributed by atoms with van der Waals surface area (Å²) in [6.07, 6.45) is 2.01. The predicted molar refractivity (Wildman–Crippen MR) is 122 cm³/mol. The lowest BCUT2D eigenvalue weighted by Gasteiger charge is -2.11. The molecule has 0 N–H and O–H groups in total. The van der Waals surface area contributed by atoms with Gasteiger partial charge in [0.25, 0.3) is 0 Å². The van der Waals surface area contributed by atoms with Gasteiger partial charge in [-0.15, -0.1) is 10.2 Å². The largest absolute Gasteiger partial charge is 0.270 e. The molecule has 3 nitrogen and oxygen atoms in total. The fraction of sp³-hybridized carbons (Fsp3) is 0.167. The minimum atomic E-state index is 0.713. The first-order chi connectivity index (χ1) is 14.2. The van der Waals surface area contributed by atoms with Gasteiger partial charge >= 0.3 is 0 Å². The molecule has 0 spiro atoms. The number of hydrogen-bond acceptors (Lipinski definition) is 3. The molecule has 4 rings (SSSR count). The Hall–Kier alpha value is -2.56. The summed E-state index contributed by atoms with van der Waals surface area (Å²) in [5.74, 6) is 1.77. The van der Waals surface area contributed by atoms with Crippen LogP contribution < -0.4 is 0 Å². The molecule has 3 aromatic carbocycles. The number of benzene rings is 3. The van der Waals surface area contributed by atoms with Crippen molar-refractivity contribution in [1.29, 1.82) is 0 Å². The molecule has 29 heavy (non-hydrogen) atoms. The molecular formula is C24H22ClN3S. The van der Waals surface area contributed by atoms with Crippen LogP contribution in [0.5, 0.6) is 0 Å². The number of hydrogen-bond donors (Lipinski definition) is 0. The molecule has 5 heteroatoms. The van der Waals surface area contributed by atoms with Gasteiger partial charge in [-0.05, 0) is 60.4 Å². The fourth-order valence-corrected chi connectivity index (χ4v) is 4.23. The van der Waals surface area contributed by atoms with E-state index in [0.717, 1.165) is 40.8 Å². The first-order valence-corrected chi connectivity index (χ1v) is 11.1. The third-order valence-corrected chi connectivity index (χ3v) is 5.99. The molecule has 0 aliphatic carbocycles. The monoisotopic (exact) mass is 419 g/mol. The first kappa shape index (κ1) is 19.7. The van der Waals surface area contributed by atoms with Gasteiger partial charge in [0, 0.05) is 22.0 Å². The van der Waals surface area contributed by atoms with Gasteiger partial charge < -0.3 is 0 Å². The second kappa shape index (κ2) is 9.29. The van der Waals surface area contributed by atoms with E-state index in [-0.39, 0.29) is 0 Å². The summed E-state index contributed by atoms with van der Waals surface area (Å²) in [7, 11) is 0. The Kier molecular flexibility index (Phi) is 6.33. The Labute approximate surface area is 180 Å². The van der Waals surface area contributed by atoms with Crippen LogP contribution in [0.25, 0.3) is 17.1 Å². The number of nitrogens with zero attached hydrogens (tertiary/aromatic N) is 3. The van der Waals surface area contributed by atoms with Crippen LogP contribution in [-0.4, -0.2) is 20.5 Å². The highest BCUT2D eigenvalue weighted by Crippen LogP contribution is 2.29. The van der Waals surface area contributed by atoms with Crippen molar-refractivity contribution in [3.8, 4) is 17.1 Å². The molecule has 0 saturated carbocycles. The van der Waals surface area contributed by atoms with Crippen LogP contribution in [0.1, 0.15) is 18.1 Å². The number of aryl methyl sites for hydroxylation is 2. The number of thioether (sulfide) groups is 1. The number of aromatic nitrogens is 3. The van der Waals surface area contributed by atoms with Crippen LogP contribution in [0.15, 0.2) is 84.0 Å². The summed E-state index contributed by atoms with van der Waals surface area (Å²) in [5.41, 5.74) is 4.71. The van der Waals surface area contributed by atoms with Crippen LogP contribution in [-0.2, 0) is 12.8 Å². The Morgan fingerprint density at radius 3 is 2.24 bits per heavy atom. The van der Waals surface area contributed by atoms with Crippen LogP contribution in [0, 0.1) is 0 Å². The van der Waals surface area contributed by atoms with E-state index in [1.54, 1.807) is 11.8 Å². The standard InChI is InChI=1S/C24H22ClN3S/c1-2-18-8-14-22(15-9-18)28-23(20-10-12-21(25)13-11-20)26-27-24(28)29-17-16-19-6-4-3-5-7-19/h3-15H,2,16-17H2,1H3. The van der Waals surface area contributed by atoms with Gasteiger partial charge in [-0.3, -0.25) is 4.57 Å². The molecule has 1 aromatic heterocycles. The molecule has 0 aliphatic heterocycles. The molecule has 0 bridgehead atoms. The van der Waals surface area contributed by atoms with E-state index in [1.807, 2.05) is 30.3 Å². The molecule has 0 saturated heterocycles. The Morgan fingerprint density at radius 1 is 0.828 bits per heavy atom. The highest BCUT2D eigenvalue weighted by Gasteiger charge is 2.16. The highest BCUT2D eigenvalue weighted by atomic mass is 35.5. The van der Waals surface area contributed by atoms with Crippen LogP contribution in [0.3, 0.4) is 0 Å². The second-order valence-corrected chi connectivity index (χ2v) is 8.25. The summed E-state index contributed by atoms with van der Waals surface area (Å²) in [4.78, 5) is 0. The van der Waals surface area contributed by atoms with Crippen LogP contribution in [0.4, 0.5) is 0 Å². The third-order valence-electron chi connectivity index (χ3n) is 4.80. The molecule has 0 amide bonds. The molecule has 0 atom stereocenters. The predicted octanol–water partition coefficient (Wildman–Crippen LogP) is 6.48. The summed E-state index contributed by atoms with van der Waals surface area (Å²) < 4.78 is 2.14. The van der Waals surface area contributed by atoms with Gasteiger partial charge in [0.05, 0.1) is 0 Å². The van der Waals surface area contributed by atoms with Gasteiger partial charge in [-0.1, -0.05) is 72.8 Å². The van der Waals surface area contributed by atoms with Crippen molar-refractivity contribution in [3.63, 3.8) is 0 Å². The zero-order valence-electron chi connectivity index (χ0n) is 16.3. The van der Waals surface area contributed by atoms with E-state index < -0.39 is 0 Å². The lowest BCUT2D eigenvalue weighted by molar-refractivity contribution is 0.884. The SMILES string of the molecule is CCc1ccc(-n2c(SCCc3ccccc3)nnc2-c2ccc(Cl)cc2)cc1. The minimum absolute atomic E-state index is 0.713. The van der Waals surface area contributed by atoms with Crippen LogP contribution in [0.2, 0.25) is 5.02 Å². The minimum Gasteiger partial charge on any atom is -0.270 e. The summed E-state index contributed by atoms with van der Waals surface area (Å²) in [6, 6.07) is 26.9. The number of rotatable bonds is 7. The molecule has 0 fully saturated rings. The maximum absolute atomic E-state index is 6.07. The number of halogens is 1. The van der Waals surface area contributed by atoms with Crippen molar-refractivity contribution in [2.75, 3.05) is 5.75 Å². The summed E-state index contributed by atoms with van der Waals surface area (Å²) in [5, 5.41) is 10.6. The summed E-state index contributed by atoms with van der Waals surface area (Å²) >= 11 is 7.80. The van der Waals surface area contributed by atoms with E-state index in [2.05, 4.69) is 70.2 Å². The zero-order chi connectivity index (χ0) is 20.1. The van der Waals surface area contributed by atoms with Gasteiger partial charge in [-0.2, -0.15) is 0 Å². The highest BCUT2D eigenvalue weighted by molar-refractivity contribution is 7.99. The molecule has 1 heterocycles. The molecule has 0 radical (unpaired) electrons. The zero-order valence-corrected chi connectivity index (χ0v) is 17.8. The average Bonchev–Trinajstić information content (AvgIpc) is 3.19. The van der Waals surface area contributed by atoms with Crippen molar-refractivity contribution in [1.82, 2.24) is 14.8 Å². The molecule has 0 unspecified atom stereocenters. The van der Waals surface area contributed by atoms with Crippen molar-refractivity contribution >= 4 is 23.4 Å². The third kappa shape index (κ3) is 4.72. The summed E-state index contributed by atoms with van der Waals surface area (Å²) in [6.45, 7) is 2.16. The lowest BCUT2D eigenvalue weighted by Crippen LogP contribution is -2.01. The smallest absolute Gasteiger partial charge is 0.196 e. The van der Waals surface area contributed by atoms with Gasteiger partial charge in [0.1, 0.15) is 0 Å². The maximum atomic E-state index is 6.07. The quantitative estimate of drug-likeness (QED) is 0.321. The topological polar surface area (TPSA) is 30.7 Å². The molecule has 146 valence electrons. The van der Waals surface area contributed by atoms with Gasteiger partial charge in [0.2, 0.25) is 0 Å². The fourth-order valence-electron chi connectivity index (χ4n) is 3.17. The van der Waals surface area contributed by atoms with Crippen molar-refractivity contribution in [3.05, 3.63) is 95.0 Å². The van der Waals surface area contributed by atoms with E-state index in [0.29, 0.717) is 5.02 Å². The Morgan fingerprint density at radius 2 is 1.55 bits per heavy atom. The van der Waals surface area contributed by atoms with E-state index in [1.165, 1.54) is 11.1 Å². The van der Waals surface area contributed by atoms with Gasteiger partial charge in [-0.25, -0.2) is 0 Å². The van der Waals surface area contributed by atoms with Crippen molar-refractivity contribution in [2.24, 2.45) is 0 Å². The molecule has 4 aromatic rings. The average molecular weight is 420 g/mol. The maximum Gasteiger partial charge on any atom is 0.196 e. The van der Waals surface area contributed by atoms with Crippen molar-refractivity contribution in [2.45, 2.75) is 24.9 Å². The molecular weight excluding hydrogens is 398 g/mol. The van der Waals surface area contributed by atoms with E-state index >= 15 is 0 Å². The molecule has 0 aliphatic rings. The first-order valence-electron chi connectivity index (χ1n) is 9.72. The normalized spacial score (nSPS) is 11.0. The van der Waals surface area contributed by atoms with Crippen LogP contribution >= 0.6 is 23.4 Å².